The summed E-state index contributed by atoms with van der Waals surface area (Å²) in [4.78, 5) is 16.2. The van der Waals surface area contributed by atoms with Crippen LogP contribution in [0.5, 0.6) is 0 Å². The van der Waals surface area contributed by atoms with Crippen LogP contribution in [0.3, 0.4) is 0 Å². The van der Waals surface area contributed by atoms with Gasteiger partial charge in [0.2, 0.25) is 0 Å². The quantitative estimate of drug-likeness (QED) is 0.930. The minimum atomic E-state index is -0.912. The Balaban J connectivity index is 1.84. The lowest BCUT2D eigenvalue weighted by Crippen LogP contribution is -1.97. The molecule has 0 radical (unpaired) electrons. The molecule has 0 atom stereocenters. The molecule has 6 heteroatoms. The van der Waals surface area contributed by atoms with Crippen LogP contribution in [-0.4, -0.2) is 20.4 Å². The first kappa shape index (κ1) is 11.7. The van der Waals surface area contributed by atoms with E-state index in [-0.39, 0.29) is 0 Å². The van der Waals surface area contributed by atoms with Crippen molar-refractivity contribution >= 4 is 29.3 Å². The molecule has 1 N–H and O–H groups in total. The minimum absolute atomic E-state index is 0.311. The fraction of sp³-hybridized carbons (Fsp3) is 0.250. The summed E-state index contributed by atoms with van der Waals surface area (Å²) in [6, 6.07) is 6.96. The van der Waals surface area contributed by atoms with E-state index < -0.39 is 5.97 Å². The maximum atomic E-state index is 11.1. The van der Waals surface area contributed by atoms with Gasteiger partial charge in [-0.15, -0.1) is 0 Å². The van der Waals surface area contributed by atoms with Gasteiger partial charge in [0, 0.05) is 10.8 Å². The third-order valence-electron chi connectivity index (χ3n) is 2.68. The summed E-state index contributed by atoms with van der Waals surface area (Å²) in [5, 5.41) is 9.10. The third kappa shape index (κ3) is 2.39. The lowest BCUT2D eigenvalue weighted by Gasteiger charge is -2.01. The zero-order valence-corrected chi connectivity index (χ0v) is 11.0. The molecule has 1 heterocycles. The summed E-state index contributed by atoms with van der Waals surface area (Å²) in [7, 11) is 0. The van der Waals surface area contributed by atoms with Crippen LogP contribution in [0, 0.1) is 0 Å². The summed E-state index contributed by atoms with van der Waals surface area (Å²) in [6.45, 7) is 0. The van der Waals surface area contributed by atoms with E-state index in [1.165, 1.54) is 36.1 Å². The van der Waals surface area contributed by atoms with Crippen molar-refractivity contribution in [3.63, 3.8) is 0 Å². The largest absolute Gasteiger partial charge is 0.478 e. The molecule has 1 aliphatic rings. The SMILES string of the molecule is O=C(O)c1ccccc1Sc1nc(C2CC2)ns1. The first-order chi connectivity index (χ1) is 8.74. The summed E-state index contributed by atoms with van der Waals surface area (Å²) >= 11 is 2.71. The van der Waals surface area contributed by atoms with Crippen molar-refractivity contribution in [3.8, 4) is 0 Å². The second-order valence-corrected chi connectivity index (χ2v) is 6.14. The number of nitrogens with zero attached hydrogens (tertiary/aromatic N) is 2. The van der Waals surface area contributed by atoms with Gasteiger partial charge in [0.1, 0.15) is 5.82 Å². The fourth-order valence-corrected chi connectivity index (χ4v) is 3.36. The Hall–Kier alpha value is -1.40. The average molecular weight is 278 g/mol. The van der Waals surface area contributed by atoms with Crippen LogP contribution >= 0.6 is 23.3 Å². The van der Waals surface area contributed by atoms with Crippen LogP contribution < -0.4 is 0 Å². The van der Waals surface area contributed by atoms with E-state index >= 15 is 0 Å². The van der Waals surface area contributed by atoms with Crippen LogP contribution in [0.4, 0.5) is 0 Å². The van der Waals surface area contributed by atoms with Gasteiger partial charge in [-0.1, -0.05) is 23.9 Å². The molecule has 1 aromatic carbocycles. The van der Waals surface area contributed by atoms with Gasteiger partial charge >= 0.3 is 5.97 Å². The first-order valence-electron chi connectivity index (χ1n) is 5.58. The van der Waals surface area contributed by atoms with E-state index in [0.717, 1.165) is 10.2 Å². The number of rotatable bonds is 4. The minimum Gasteiger partial charge on any atom is -0.478 e. The Morgan fingerprint density at radius 1 is 1.39 bits per heavy atom. The van der Waals surface area contributed by atoms with Crippen LogP contribution in [0.1, 0.15) is 34.9 Å². The molecule has 4 nitrogen and oxygen atoms in total. The highest BCUT2D eigenvalue weighted by Crippen LogP contribution is 2.40. The Bertz CT molecular complexity index is 593. The molecule has 3 rings (SSSR count). The van der Waals surface area contributed by atoms with Crippen LogP contribution in [0.2, 0.25) is 0 Å². The zero-order valence-electron chi connectivity index (χ0n) is 9.37. The standard InChI is InChI=1S/C12H10N2O2S2/c15-11(16)8-3-1-2-4-9(8)17-12-13-10(14-18-12)7-5-6-7/h1-4,7H,5-6H2,(H,15,16). The molecule has 92 valence electrons. The average Bonchev–Trinajstić information content (AvgIpc) is 3.11. The molecule has 0 aliphatic heterocycles. The van der Waals surface area contributed by atoms with Crippen molar-refractivity contribution < 1.29 is 9.90 Å². The van der Waals surface area contributed by atoms with Gasteiger partial charge in [-0.25, -0.2) is 9.78 Å². The third-order valence-corrected chi connectivity index (χ3v) is 4.52. The number of benzene rings is 1. The Kier molecular flexibility index (Phi) is 3.05. The maximum absolute atomic E-state index is 11.1. The van der Waals surface area contributed by atoms with Crippen LogP contribution in [0.25, 0.3) is 0 Å². The molecule has 0 bridgehead atoms. The van der Waals surface area contributed by atoms with E-state index in [9.17, 15) is 4.79 Å². The van der Waals surface area contributed by atoms with Gasteiger partial charge < -0.3 is 5.11 Å². The molecule has 0 unspecified atom stereocenters. The summed E-state index contributed by atoms with van der Waals surface area (Å²) in [5.74, 6) is 0.533. The molecular weight excluding hydrogens is 268 g/mol. The predicted molar refractivity (Wildman–Crippen MR) is 69.4 cm³/mol. The maximum Gasteiger partial charge on any atom is 0.336 e. The number of aromatic carboxylic acids is 1. The van der Waals surface area contributed by atoms with E-state index in [1.54, 1.807) is 18.2 Å². The second kappa shape index (κ2) is 4.70. The number of carboxylic acids is 1. The lowest BCUT2D eigenvalue weighted by atomic mass is 10.2. The van der Waals surface area contributed by atoms with Gasteiger partial charge in [0.15, 0.2) is 4.34 Å². The number of hydrogen-bond donors (Lipinski definition) is 1. The van der Waals surface area contributed by atoms with Gasteiger partial charge in [0.25, 0.3) is 0 Å². The van der Waals surface area contributed by atoms with Gasteiger partial charge in [-0.3, -0.25) is 0 Å². The number of aromatic nitrogens is 2. The van der Waals surface area contributed by atoms with Crippen molar-refractivity contribution in [2.45, 2.75) is 28.0 Å². The molecule has 1 aliphatic carbocycles. The van der Waals surface area contributed by atoms with E-state index in [4.69, 9.17) is 5.11 Å². The lowest BCUT2D eigenvalue weighted by molar-refractivity contribution is 0.0693. The smallest absolute Gasteiger partial charge is 0.336 e. The molecule has 1 saturated carbocycles. The van der Waals surface area contributed by atoms with Crippen molar-refractivity contribution in [1.82, 2.24) is 9.36 Å². The predicted octanol–water partition coefficient (Wildman–Crippen LogP) is 3.26. The molecule has 0 spiro atoms. The second-order valence-electron chi connectivity index (χ2n) is 4.10. The highest BCUT2D eigenvalue weighted by Gasteiger charge is 2.28. The number of hydrogen-bond acceptors (Lipinski definition) is 5. The van der Waals surface area contributed by atoms with Crippen LogP contribution in [0.15, 0.2) is 33.5 Å². The number of carbonyl (C=O) groups is 1. The highest BCUT2D eigenvalue weighted by molar-refractivity contribution is 8.01. The van der Waals surface area contributed by atoms with E-state index in [0.29, 0.717) is 16.4 Å². The highest BCUT2D eigenvalue weighted by atomic mass is 32.2. The molecule has 0 amide bonds. The van der Waals surface area contributed by atoms with Crippen LogP contribution in [-0.2, 0) is 0 Å². The van der Waals surface area contributed by atoms with E-state index in [1.807, 2.05) is 6.07 Å². The van der Waals surface area contributed by atoms with Gasteiger partial charge in [0.05, 0.1) is 5.56 Å². The monoisotopic (exact) mass is 278 g/mol. The molecule has 0 saturated heterocycles. The molecule has 18 heavy (non-hydrogen) atoms. The zero-order chi connectivity index (χ0) is 12.5. The molecule has 2 aromatic rings. The van der Waals surface area contributed by atoms with Crippen molar-refractivity contribution in [3.05, 3.63) is 35.7 Å². The summed E-state index contributed by atoms with van der Waals surface area (Å²) in [5.41, 5.74) is 0.311. The normalized spacial score (nSPS) is 14.7. The van der Waals surface area contributed by atoms with Crippen molar-refractivity contribution in [1.29, 1.82) is 0 Å². The Morgan fingerprint density at radius 2 is 2.17 bits per heavy atom. The molecule has 1 aromatic heterocycles. The van der Waals surface area contributed by atoms with Crippen molar-refractivity contribution in [2.24, 2.45) is 0 Å². The van der Waals surface area contributed by atoms with Crippen molar-refractivity contribution in [2.75, 3.05) is 0 Å². The topological polar surface area (TPSA) is 63.1 Å². The summed E-state index contributed by atoms with van der Waals surface area (Å²) < 4.78 is 5.12. The first-order valence-corrected chi connectivity index (χ1v) is 7.17. The number of carboxylic acid groups (broad SMARTS) is 1. The Labute approximate surface area is 112 Å². The van der Waals surface area contributed by atoms with E-state index in [2.05, 4.69) is 9.36 Å². The fourth-order valence-electron chi connectivity index (χ4n) is 1.60. The summed E-state index contributed by atoms with van der Waals surface area (Å²) in [6.07, 6.45) is 2.35. The molecular formula is C12H10N2O2S2. The van der Waals surface area contributed by atoms with Gasteiger partial charge in [-0.2, -0.15) is 4.37 Å². The van der Waals surface area contributed by atoms with Gasteiger partial charge in [-0.05, 0) is 36.5 Å². The molecule has 1 fully saturated rings. The Morgan fingerprint density at radius 3 is 2.89 bits per heavy atom.